The molecule has 3 rings (SSSR count). The molecule has 7 nitrogen and oxygen atoms in total. The lowest BCUT2D eigenvalue weighted by Crippen LogP contribution is -2.20. The molecule has 0 saturated carbocycles. The number of halogens is 1. The Morgan fingerprint density at radius 3 is 2.48 bits per heavy atom. The van der Waals surface area contributed by atoms with Crippen LogP contribution in [0.5, 0.6) is 5.75 Å². The summed E-state index contributed by atoms with van der Waals surface area (Å²) < 4.78 is 7.07. The molecule has 2 aromatic carbocycles. The standard InChI is InChI=1S/C17H16ClN5O2/c1-11-7-15(8-12(2)17(11)18)25-9-16(24)20-13-3-5-14(6-4-13)23-10-19-21-22-23/h3-8,10H,9H2,1-2H3,(H,20,24). The van der Waals surface area contributed by atoms with Crippen molar-refractivity contribution in [3.05, 3.63) is 58.9 Å². The van der Waals surface area contributed by atoms with E-state index < -0.39 is 0 Å². The van der Waals surface area contributed by atoms with Gasteiger partial charge in [0, 0.05) is 10.7 Å². The molecular weight excluding hydrogens is 342 g/mol. The van der Waals surface area contributed by atoms with E-state index in [1.54, 1.807) is 24.3 Å². The average molecular weight is 358 g/mol. The van der Waals surface area contributed by atoms with Crippen LogP contribution in [0.3, 0.4) is 0 Å². The smallest absolute Gasteiger partial charge is 0.262 e. The van der Waals surface area contributed by atoms with Crippen LogP contribution in [0.25, 0.3) is 5.69 Å². The number of tetrazole rings is 1. The zero-order chi connectivity index (χ0) is 17.8. The maximum Gasteiger partial charge on any atom is 0.262 e. The van der Waals surface area contributed by atoms with Crippen LogP contribution >= 0.6 is 11.6 Å². The van der Waals surface area contributed by atoms with Crippen LogP contribution in [-0.4, -0.2) is 32.7 Å². The van der Waals surface area contributed by atoms with Crippen LogP contribution in [0, 0.1) is 13.8 Å². The molecule has 0 aliphatic heterocycles. The minimum absolute atomic E-state index is 0.0880. The predicted molar refractivity (Wildman–Crippen MR) is 94.2 cm³/mol. The van der Waals surface area contributed by atoms with Crippen molar-refractivity contribution < 1.29 is 9.53 Å². The zero-order valence-corrected chi connectivity index (χ0v) is 14.5. The van der Waals surface area contributed by atoms with Gasteiger partial charge < -0.3 is 10.1 Å². The highest BCUT2D eigenvalue weighted by Crippen LogP contribution is 2.25. The van der Waals surface area contributed by atoms with Crippen LogP contribution in [0.1, 0.15) is 11.1 Å². The van der Waals surface area contributed by atoms with Crippen LogP contribution in [0.15, 0.2) is 42.7 Å². The Kier molecular flexibility index (Phi) is 4.95. The van der Waals surface area contributed by atoms with E-state index in [9.17, 15) is 4.79 Å². The van der Waals surface area contributed by atoms with E-state index in [1.165, 1.54) is 11.0 Å². The molecule has 3 aromatic rings. The molecule has 1 heterocycles. The summed E-state index contributed by atoms with van der Waals surface area (Å²) in [6.45, 7) is 3.71. The molecule has 0 radical (unpaired) electrons. The molecule has 1 aromatic heterocycles. The molecule has 8 heteroatoms. The number of benzene rings is 2. The fraction of sp³-hybridized carbons (Fsp3) is 0.176. The van der Waals surface area contributed by atoms with Gasteiger partial charge in [-0.3, -0.25) is 4.79 Å². The molecule has 0 fully saturated rings. The summed E-state index contributed by atoms with van der Waals surface area (Å²) >= 11 is 6.12. The second-order valence-corrected chi connectivity index (χ2v) is 5.89. The number of aromatic nitrogens is 4. The van der Waals surface area contributed by atoms with Gasteiger partial charge in [-0.15, -0.1) is 5.10 Å². The van der Waals surface area contributed by atoms with E-state index in [4.69, 9.17) is 16.3 Å². The number of anilines is 1. The summed E-state index contributed by atoms with van der Waals surface area (Å²) in [7, 11) is 0. The van der Waals surface area contributed by atoms with E-state index in [1.807, 2.05) is 26.0 Å². The Morgan fingerprint density at radius 1 is 1.20 bits per heavy atom. The molecule has 0 spiro atoms. The minimum atomic E-state index is -0.250. The molecule has 0 atom stereocenters. The summed E-state index contributed by atoms with van der Waals surface area (Å²) in [6, 6.07) is 10.8. The lowest BCUT2D eigenvalue weighted by molar-refractivity contribution is -0.118. The lowest BCUT2D eigenvalue weighted by Gasteiger charge is -2.10. The number of nitrogens with one attached hydrogen (secondary N) is 1. The maximum absolute atomic E-state index is 12.0. The zero-order valence-electron chi connectivity index (χ0n) is 13.7. The molecule has 0 unspecified atom stereocenters. The largest absolute Gasteiger partial charge is 0.484 e. The molecule has 0 saturated heterocycles. The number of amides is 1. The van der Waals surface area contributed by atoms with E-state index in [0.29, 0.717) is 16.5 Å². The first kappa shape index (κ1) is 16.9. The summed E-state index contributed by atoms with van der Waals surface area (Å²) in [5, 5.41) is 14.4. The number of nitrogens with zero attached hydrogens (tertiary/aromatic N) is 4. The Bertz CT molecular complexity index is 856. The Hall–Kier alpha value is -2.93. The van der Waals surface area contributed by atoms with Crippen LogP contribution in [0.4, 0.5) is 5.69 Å². The third-order valence-corrected chi connectivity index (χ3v) is 4.14. The highest BCUT2D eigenvalue weighted by molar-refractivity contribution is 6.32. The Labute approximate surface area is 149 Å². The normalized spacial score (nSPS) is 10.5. The van der Waals surface area contributed by atoms with Crippen LogP contribution in [0.2, 0.25) is 5.02 Å². The van der Waals surface area contributed by atoms with Crippen molar-refractivity contribution >= 4 is 23.2 Å². The van der Waals surface area contributed by atoms with Crippen LogP contribution in [-0.2, 0) is 4.79 Å². The number of aryl methyl sites for hydroxylation is 2. The summed E-state index contributed by atoms with van der Waals surface area (Å²) in [5.41, 5.74) is 3.28. The van der Waals surface area contributed by atoms with Gasteiger partial charge in [0.05, 0.1) is 5.69 Å². The number of carbonyl (C=O) groups excluding carboxylic acids is 1. The van der Waals surface area contributed by atoms with Gasteiger partial charge in [0.2, 0.25) is 0 Å². The van der Waals surface area contributed by atoms with Gasteiger partial charge in [0.1, 0.15) is 12.1 Å². The van der Waals surface area contributed by atoms with Crippen molar-refractivity contribution in [2.24, 2.45) is 0 Å². The second kappa shape index (κ2) is 7.31. The van der Waals surface area contributed by atoms with Gasteiger partial charge in [-0.05, 0) is 71.8 Å². The van der Waals surface area contributed by atoms with E-state index in [2.05, 4.69) is 20.8 Å². The third-order valence-electron chi connectivity index (χ3n) is 3.54. The summed E-state index contributed by atoms with van der Waals surface area (Å²) in [4.78, 5) is 12.0. The fourth-order valence-electron chi connectivity index (χ4n) is 2.31. The molecule has 0 bridgehead atoms. The van der Waals surface area contributed by atoms with Crippen molar-refractivity contribution in [1.29, 1.82) is 0 Å². The number of carbonyl (C=O) groups is 1. The lowest BCUT2D eigenvalue weighted by atomic mass is 10.1. The Morgan fingerprint density at radius 2 is 1.88 bits per heavy atom. The predicted octanol–water partition coefficient (Wildman–Crippen LogP) is 2.95. The van der Waals surface area contributed by atoms with E-state index in [0.717, 1.165) is 16.8 Å². The number of hydrogen-bond acceptors (Lipinski definition) is 5. The van der Waals surface area contributed by atoms with Gasteiger partial charge in [0.25, 0.3) is 5.91 Å². The first-order valence-electron chi connectivity index (χ1n) is 7.56. The first-order valence-corrected chi connectivity index (χ1v) is 7.93. The van der Waals surface area contributed by atoms with Crippen molar-refractivity contribution in [2.45, 2.75) is 13.8 Å². The fourth-order valence-corrected chi connectivity index (χ4v) is 2.42. The third kappa shape index (κ3) is 4.13. The van der Waals surface area contributed by atoms with Crippen LogP contribution < -0.4 is 10.1 Å². The number of hydrogen-bond donors (Lipinski definition) is 1. The van der Waals surface area contributed by atoms with Gasteiger partial charge in [-0.25, -0.2) is 4.68 Å². The number of rotatable bonds is 5. The molecule has 1 amide bonds. The SMILES string of the molecule is Cc1cc(OCC(=O)Nc2ccc(-n3cnnn3)cc2)cc(C)c1Cl. The molecular formula is C17H16ClN5O2. The van der Waals surface area contributed by atoms with Gasteiger partial charge in [-0.2, -0.15) is 0 Å². The molecule has 128 valence electrons. The summed E-state index contributed by atoms with van der Waals surface area (Å²) in [6.07, 6.45) is 1.50. The van der Waals surface area contributed by atoms with E-state index in [-0.39, 0.29) is 12.5 Å². The topological polar surface area (TPSA) is 81.9 Å². The molecule has 25 heavy (non-hydrogen) atoms. The molecule has 1 N–H and O–H groups in total. The molecule has 0 aliphatic carbocycles. The minimum Gasteiger partial charge on any atom is -0.484 e. The van der Waals surface area contributed by atoms with Gasteiger partial charge in [-0.1, -0.05) is 11.6 Å². The van der Waals surface area contributed by atoms with Crippen molar-refractivity contribution in [3.8, 4) is 11.4 Å². The Balaban J connectivity index is 1.57. The van der Waals surface area contributed by atoms with Crippen molar-refractivity contribution in [1.82, 2.24) is 20.2 Å². The first-order chi connectivity index (χ1) is 12.0. The van der Waals surface area contributed by atoms with Crippen molar-refractivity contribution in [3.63, 3.8) is 0 Å². The average Bonchev–Trinajstić information content (AvgIpc) is 3.13. The van der Waals surface area contributed by atoms with E-state index >= 15 is 0 Å². The second-order valence-electron chi connectivity index (χ2n) is 5.51. The monoisotopic (exact) mass is 357 g/mol. The number of ether oxygens (including phenoxy) is 1. The molecule has 0 aliphatic rings. The maximum atomic E-state index is 12.0. The quantitative estimate of drug-likeness (QED) is 0.759. The summed E-state index contributed by atoms with van der Waals surface area (Å²) in [5.74, 6) is 0.365. The van der Waals surface area contributed by atoms with Crippen molar-refractivity contribution in [2.75, 3.05) is 11.9 Å². The van der Waals surface area contributed by atoms with Gasteiger partial charge in [0.15, 0.2) is 6.61 Å². The highest BCUT2D eigenvalue weighted by Gasteiger charge is 2.07. The highest BCUT2D eigenvalue weighted by atomic mass is 35.5. The van der Waals surface area contributed by atoms with Gasteiger partial charge >= 0.3 is 0 Å².